The van der Waals surface area contributed by atoms with Crippen LogP contribution in [0.15, 0.2) is 42.5 Å². The van der Waals surface area contributed by atoms with Gasteiger partial charge in [0.2, 0.25) is 0 Å². The Hall–Kier alpha value is -2.07. The van der Waals surface area contributed by atoms with Gasteiger partial charge in [-0.15, -0.1) is 0 Å². The van der Waals surface area contributed by atoms with Gasteiger partial charge in [-0.3, -0.25) is 0 Å². The molecule has 0 saturated heterocycles. The first kappa shape index (κ1) is 14.3. The molecule has 0 saturated carbocycles. The number of nitrogens with one attached hydrogen (secondary N) is 1. The highest BCUT2D eigenvalue weighted by molar-refractivity contribution is 5.38. The number of halogens is 1. The summed E-state index contributed by atoms with van der Waals surface area (Å²) in [7, 11) is 0. The van der Waals surface area contributed by atoms with Crippen LogP contribution in [0.2, 0.25) is 0 Å². The maximum atomic E-state index is 13.2. The van der Waals surface area contributed by atoms with Crippen molar-refractivity contribution >= 4 is 0 Å². The molecule has 2 atom stereocenters. The van der Waals surface area contributed by atoms with E-state index in [2.05, 4.69) is 5.32 Å². The molecule has 106 valence electrons. The fourth-order valence-corrected chi connectivity index (χ4v) is 2.21. The van der Waals surface area contributed by atoms with Crippen LogP contribution in [0.1, 0.15) is 37.1 Å². The lowest BCUT2D eigenvalue weighted by molar-refractivity contribution is 0.442. The van der Waals surface area contributed by atoms with Gasteiger partial charge in [0.15, 0.2) is 0 Å². The average molecular weight is 275 g/mol. The standard InChI is InChI=1S/C16H18FNO2/c1-10(12-4-3-5-14(17)6-12)18-11(2)13-7-15(19)9-16(20)8-13/h3-11,18-20H,1-2H3/t10-,11?/m1/s1. The second-order valence-corrected chi connectivity index (χ2v) is 4.95. The van der Waals surface area contributed by atoms with Gasteiger partial charge in [0.05, 0.1) is 0 Å². The van der Waals surface area contributed by atoms with Crippen molar-refractivity contribution in [2.24, 2.45) is 0 Å². The summed E-state index contributed by atoms with van der Waals surface area (Å²) in [6.45, 7) is 3.86. The molecule has 0 bridgehead atoms. The summed E-state index contributed by atoms with van der Waals surface area (Å²) in [5, 5.41) is 22.3. The van der Waals surface area contributed by atoms with Gasteiger partial charge in [-0.25, -0.2) is 4.39 Å². The van der Waals surface area contributed by atoms with E-state index in [0.717, 1.165) is 11.1 Å². The highest BCUT2D eigenvalue weighted by Crippen LogP contribution is 2.26. The van der Waals surface area contributed by atoms with Crippen LogP contribution in [0.4, 0.5) is 4.39 Å². The van der Waals surface area contributed by atoms with Crippen LogP contribution in [-0.2, 0) is 0 Å². The predicted molar refractivity (Wildman–Crippen MR) is 76.1 cm³/mol. The van der Waals surface area contributed by atoms with E-state index in [4.69, 9.17) is 0 Å². The van der Waals surface area contributed by atoms with E-state index in [0.29, 0.717) is 0 Å². The number of aromatic hydroxyl groups is 2. The third-order valence-corrected chi connectivity index (χ3v) is 3.27. The monoisotopic (exact) mass is 275 g/mol. The summed E-state index contributed by atoms with van der Waals surface area (Å²) in [6.07, 6.45) is 0. The number of hydrogen-bond acceptors (Lipinski definition) is 3. The van der Waals surface area contributed by atoms with Crippen LogP contribution in [0.25, 0.3) is 0 Å². The van der Waals surface area contributed by atoms with Gasteiger partial charge in [0, 0.05) is 18.2 Å². The van der Waals surface area contributed by atoms with E-state index >= 15 is 0 Å². The zero-order valence-electron chi connectivity index (χ0n) is 11.5. The molecule has 3 nitrogen and oxygen atoms in total. The second-order valence-electron chi connectivity index (χ2n) is 4.95. The van der Waals surface area contributed by atoms with Gasteiger partial charge < -0.3 is 15.5 Å². The Bertz CT molecular complexity index is 581. The number of phenolic OH excluding ortho intramolecular Hbond substituents is 2. The van der Waals surface area contributed by atoms with Crippen molar-refractivity contribution in [3.05, 3.63) is 59.4 Å². The van der Waals surface area contributed by atoms with Crippen molar-refractivity contribution in [1.82, 2.24) is 5.32 Å². The minimum atomic E-state index is -0.265. The highest BCUT2D eigenvalue weighted by Gasteiger charge is 2.13. The van der Waals surface area contributed by atoms with Crippen LogP contribution < -0.4 is 5.32 Å². The van der Waals surface area contributed by atoms with Gasteiger partial charge in [-0.1, -0.05) is 12.1 Å². The largest absolute Gasteiger partial charge is 0.508 e. The SMILES string of the molecule is CC(N[C@H](C)c1cccc(F)c1)c1cc(O)cc(O)c1. The van der Waals surface area contributed by atoms with E-state index < -0.39 is 0 Å². The molecular weight excluding hydrogens is 257 g/mol. The number of hydrogen-bond donors (Lipinski definition) is 3. The summed E-state index contributed by atoms with van der Waals surface area (Å²) in [5.41, 5.74) is 1.62. The van der Waals surface area contributed by atoms with Crippen molar-refractivity contribution in [2.45, 2.75) is 25.9 Å². The van der Waals surface area contributed by atoms with Gasteiger partial charge in [0.25, 0.3) is 0 Å². The third kappa shape index (κ3) is 3.48. The number of benzene rings is 2. The lowest BCUT2D eigenvalue weighted by atomic mass is 10.0. The molecule has 0 radical (unpaired) electrons. The maximum absolute atomic E-state index is 13.2. The first-order valence-electron chi connectivity index (χ1n) is 6.50. The topological polar surface area (TPSA) is 52.5 Å². The summed E-state index contributed by atoms with van der Waals surface area (Å²) >= 11 is 0. The molecule has 0 heterocycles. The highest BCUT2D eigenvalue weighted by atomic mass is 19.1. The van der Waals surface area contributed by atoms with Gasteiger partial charge in [-0.2, -0.15) is 0 Å². The smallest absolute Gasteiger partial charge is 0.123 e. The van der Waals surface area contributed by atoms with Crippen molar-refractivity contribution in [3.63, 3.8) is 0 Å². The zero-order chi connectivity index (χ0) is 14.7. The Balaban J connectivity index is 2.12. The molecule has 2 aromatic rings. The molecule has 20 heavy (non-hydrogen) atoms. The summed E-state index contributed by atoms with van der Waals surface area (Å²) < 4.78 is 13.2. The van der Waals surface area contributed by atoms with Crippen molar-refractivity contribution in [1.29, 1.82) is 0 Å². The molecule has 1 unspecified atom stereocenters. The Labute approximate surface area is 117 Å². The predicted octanol–water partition coefficient (Wildman–Crippen LogP) is 3.65. The minimum absolute atomic E-state index is 0.0204. The maximum Gasteiger partial charge on any atom is 0.123 e. The normalized spacial score (nSPS) is 13.9. The Morgan fingerprint density at radius 1 is 0.900 bits per heavy atom. The fourth-order valence-electron chi connectivity index (χ4n) is 2.21. The van der Waals surface area contributed by atoms with E-state index in [1.807, 2.05) is 19.9 Å². The summed E-state index contributed by atoms with van der Waals surface area (Å²) in [5.74, 6) is -0.224. The summed E-state index contributed by atoms with van der Waals surface area (Å²) in [4.78, 5) is 0. The van der Waals surface area contributed by atoms with Crippen molar-refractivity contribution in [2.75, 3.05) is 0 Å². The molecule has 3 N–H and O–H groups in total. The molecular formula is C16H18FNO2. The zero-order valence-corrected chi connectivity index (χ0v) is 11.5. The second kappa shape index (κ2) is 5.92. The minimum Gasteiger partial charge on any atom is -0.508 e. The molecule has 0 amide bonds. The Morgan fingerprint density at radius 3 is 2.10 bits per heavy atom. The molecule has 0 spiro atoms. The van der Waals surface area contributed by atoms with Crippen LogP contribution in [0.5, 0.6) is 11.5 Å². The number of rotatable bonds is 4. The first-order chi connectivity index (χ1) is 9.45. The van der Waals surface area contributed by atoms with Crippen LogP contribution in [-0.4, -0.2) is 10.2 Å². The van der Waals surface area contributed by atoms with Gasteiger partial charge in [0.1, 0.15) is 17.3 Å². The molecule has 0 aliphatic rings. The molecule has 4 heteroatoms. The van der Waals surface area contributed by atoms with E-state index in [1.54, 1.807) is 18.2 Å². The van der Waals surface area contributed by atoms with E-state index in [1.165, 1.54) is 18.2 Å². The van der Waals surface area contributed by atoms with Crippen molar-refractivity contribution < 1.29 is 14.6 Å². The van der Waals surface area contributed by atoms with Crippen LogP contribution in [0.3, 0.4) is 0 Å². The number of phenols is 2. The molecule has 0 aliphatic carbocycles. The third-order valence-electron chi connectivity index (χ3n) is 3.27. The molecule has 0 aliphatic heterocycles. The summed E-state index contributed by atoms with van der Waals surface area (Å²) in [6, 6.07) is 10.8. The Morgan fingerprint density at radius 2 is 1.50 bits per heavy atom. The molecule has 0 fully saturated rings. The molecule has 2 rings (SSSR count). The van der Waals surface area contributed by atoms with E-state index in [-0.39, 0.29) is 29.4 Å². The van der Waals surface area contributed by atoms with Gasteiger partial charge in [-0.05, 0) is 49.2 Å². The lowest BCUT2D eigenvalue weighted by Gasteiger charge is -2.21. The average Bonchev–Trinajstić information content (AvgIpc) is 2.37. The van der Waals surface area contributed by atoms with Gasteiger partial charge >= 0.3 is 0 Å². The first-order valence-corrected chi connectivity index (χ1v) is 6.50. The molecule has 2 aromatic carbocycles. The van der Waals surface area contributed by atoms with Crippen LogP contribution in [0, 0.1) is 5.82 Å². The van der Waals surface area contributed by atoms with Crippen molar-refractivity contribution in [3.8, 4) is 11.5 Å². The van der Waals surface area contributed by atoms with E-state index in [9.17, 15) is 14.6 Å². The molecule has 0 aromatic heterocycles. The lowest BCUT2D eigenvalue weighted by Crippen LogP contribution is -2.22. The quantitative estimate of drug-likeness (QED) is 0.798. The Kier molecular flexibility index (Phi) is 4.25. The van der Waals surface area contributed by atoms with Crippen LogP contribution >= 0.6 is 0 Å². The fraction of sp³-hybridized carbons (Fsp3) is 0.250.